The number of carbonyl (C=O) groups excluding carboxylic acids is 1. The highest BCUT2D eigenvalue weighted by atomic mass is 79.9. The molecule has 13 heavy (non-hydrogen) atoms. The van der Waals surface area contributed by atoms with Gasteiger partial charge in [0, 0.05) is 22.1 Å². The average Bonchev–Trinajstić information content (AvgIpc) is 2.29. The monoisotopic (exact) mass is 247 g/mol. The largest absolute Gasteiger partial charge is 0.292 e. The second kappa shape index (κ2) is 6.41. The van der Waals surface area contributed by atoms with Gasteiger partial charge in [-0.1, -0.05) is 38.5 Å². The standard InChI is InChI=1S/C10H18BrNO/c11-12-10(13)9-7-5-3-1-2-4-6-8-9/h9H,1-8H2,(H,12,13). The molecule has 0 heterocycles. The van der Waals surface area contributed by atoms with Crippen molar-refractivity contribution in [2.75, 3.05) is 0 Å². The molecule has 2 nitrogen and oxygen atoms in total. The molecular formula is C10H18BrNO. The van der Waals surface area contributed by atoms with Gasteiger partial charge in [0.25, 0.3) is 0 Å². The molecule has 0 unspecified atom stereocenters. The molecule has 0 spiro atoms. The third kappa shape index (κ3) is 4.12. The van der Waals surface area contributed by atoms with Crippen LogP contribution in [-0.4, -0.2) is 5.91 Å². The van der Waals surface area contributed by atoms with E-state index in [1.165, 1.54) is 38.5 Å². The second-order valence-electron chi connectivity index (χ2n) is 3.85. The van der Waals surface area contributed by atoms with Crippen molar-refractivity contribution in [1.82, 2.24) is 4.34 Å². The van der Waals surface area contributed by atoms with Crippen LogP contribution in [0.2, 0.25) is 0 Å². The van der Waals surface area contributed by atoms with Crippen LogP contribution in [0.25, 0.3) is 0 Å². The van der Waals surface area contributed by atoms with Crippen LogP contribution in [0.1, 0.15) is 51.4 Å². The van der Waals surface area contributed by atoms with Crippen LogP contribution < -0.4 is 4.34 Å². The molecule has 1 aliphatic carbocycles. The number of hydrogen-bond donors (Lipinski definition) is 1. The summed E-state index contributed by atoms with van der Waals surface area (Å²) in [6.45, 7) is 0. The molecule has 0 saturated heterocycles. The minimum absolute atomic E-state index is 0.168. The number of nitrogens with one attached hydrogen (secondary N) is 1. The molecule has 0 bridgehead atoms. The van der Waals surface area contributed by atoms with Crippen LogP contribution in [0.3, 0.4) is 0 Å². The summed E-state index contributed by atoms with van der Waals surface area (Å²) >= 11 is 3.02. The molecule has 1 aliphatic rings. The third-order valence-electron chi connectivity index (χ3n) is 2.82. The van der Waals surface area contributed by atoms with Gasteiger partial charge < -0.3 is 0 Å². The van der Waals surface area contributed by atoms with Crippen molar-refractivity contribution in [3.63, 3.8) is 0 Å². The topological polar surface area (TPSA) is 29.1 Å². The molecule has 1 rings (SSSR count). The minimum Gasteiger partial charge on any atom is -0.292 e. The SMILES string of the molecule is O=C(NBr)C1CCCCCCCC1. The predicted octanol–water partition coefficient (Wildman–Crippen LogP) is 3.16. The lowest BCUT2D eigenvalue weighted by Gasteiger charge is -2.12. The molecule has 0 aromatic rings. The van der Waals surface area contributed by atoms with Crippen LogP contribution in [0.5, 0.6) is 0 Å². The predicted molar refractivity (Wildman–Crippen MR) is 57.5 cm³/mol. The van der Waals surface area contributed by atoms with Crippen LogP contribution in [0.15, 0.2) is 0 Å². The smallest absolute Gasteiger partial charge is 0.232 e. The fourth-order valence-corrected chi connectivity index (χ4v) is 2.30. The zero-order valence-corrected chi connectivity index (χ0v) is 9.61. The van der Waals surface area contributed by atoms with Crippen molar-refractivity contribution in [3.8, 4) is 0 Å². The van der Waals surface area contributed by atoms with E-state index in [0.29, 0.717) is 0 Å². The highest BCUT2D eigenvalue weighted by molar-refractivity contribution is 9.08. The first-order chi connectivity index (χ1) is 6.34. The first kappa shape index (κ1) is 11.0. The lowest BCUT2D eigenvalue weighted by Crippen LogP contribution is -2.23. The molecule has 1 N–H and O–H groups in total. The van der Waals surface area contributed by atoms with Gasteiger partial charge in [0.15, 0.2) is 0 Å². The van der Waals surface area contributed by atoms with E-state index in [4.69, 9.17) is 0 Å². The zero-order valence-electron chi connectivity index (χ0n) is 8.02. The lowest BCUT2D eigenvalue weighted by atomic mass is 9.96. The van der Waals surface area contributed by atoms with Gasteiger partial charge in [0.1, 0.15) is 0 Å². The van der Waals surface area contributed by atoms with E-state index in [1.807, 2.05) is 0 Å². The molecule has 3 heteroatoms. The summed E-state index contributed by atoms with van der Waals surface area (Å²) in [5.41, 5.74) is 0. The van der Waals surface area contributed by atoms with Gasteiger partial charge in [0.05, 0.1) is 0 Å². The lowest BCUT2D eigenvalue weighted by molar-refractivity contribution is -0.123. The Balaban J connectivity index is 2.36. The van der Waals surface area contributed by atoms with Crippen molar-refractivity contribution in [2.24, 2.45) is 5.92 Å². The van der Waals surface area contributed by atoms with E-state index in [-0.39, 0.29) is 11.8 Å². The average molecular weight is 248 g/mol. The Morgan fingerprint density at radius 2 is 1.46 bits per heavy atom. The molecule has 0 atom stereocenters. The highest BCUT2D eigenvalue weighted by Crippen LogP contribution is 2.21. The summed E-state index contributed by atoms with van der Waals surface area (Å²) in [5, 5.41) is 0. The number of halogens is 1. The van der Waals surface area contributed by atoms with E-state index in [9.17, 15) is 4.79 Å². The quantitative estimate of drug-likeness (QED) is 0.709. The first-order valence-corrected chi connectivity index (χ1v) is 6.04. The number of hydrogen-bond acceptors (Lipinski definition) is 1. The third-order valence-corrected chi connectivity index (χ3v) is 3.21. The molecule has 0 radical (unpaired) electrons. The first-order valence-electron chi connectivity index (χ1n) is 5.25. The molecule has 1 saturated carbocycles. The van der Waals surface area contributed by atoms with E-state index in [2.05, 4.69) is 20.5 Å². The van der Waals surface area contributed by atoms with Gasteiger partial charge in [-0.15, -0.1) is 0 Å². The van der Waals surface area contributed by atoms with Crippen molar-refractivity contribution >= 4 is 22.1 Å². The van der Waals surface area contributed by atoms with E-state index in [1.54, 1.807) is 0 Å². The Bertz CT molecular complexity index is 151. The molecule has 1 fully saturated rings. The Morgan fingerprint density at radius 1 is 1.00 bits per heavy atom. The number of carbonyl (C=O) groups is 1. The molecule has 1 amide bonds. The van der Waals surface area contributed by atoms with Crippen molar-refractivity contribution in [3.05, 3.63) is 0 Å². The molecular weight excluding hydrogens is 230 g/mol. The zero-order chi connectivity index (χ0) is 9.52. The molecule has 0 aromatic carbocycles. The maximum Gasteiger partial charge on any atom is 0.232 e. The van der Waals surface area contributed by atoms with Crippen molar-refractivity contribution < 1.29 is 4.79 Å². The van der Waals surface area contributed by atoms with Crippen LogP contribution in [-0.2, 0) is 4.79 Å². The van der Waals surface area contributed by atoms with Crippen LogP contribution in [0, 0.1) is 5.92 Å². The Labute approximate surface area is 88.8 Å². The summed E-state index contributed by atoms with van der Waals surface area (Å²) in [5.74, 6) is 0.416. The van der Waals surface area contributed by atoms with Crippen molar-refractivity contribution in [2.45, 2.75) is 51.4 Å². The van der Waals surface area contributed by atoms with Gasteiger partial charge in [-0.25, -0.2) is 0 Å². The summed E-state index contributed by atoms with van der Waals surface area (Å²) in [7, 11) is 0. The summed E-state index contributed by atoms with van der Waals surface area (Å²) < 4.78 is 2.58. The molecule has 76 valence electrons. The van der Waals surface area contributed by atoms with Crippen LogP contribution >= 0.6 is 16.1 Å². The molecule has 0 aliphatic heterocycles. The molecule has 0 aromatic heterocycles. The fraction of sp³-hybridized carbons (Fsp3) is 0.900. The Morgan fingerprint density at radius 3 is 1.92 bits per heavy atom. The normalized spacial score (nSPS) is 21.3. The summed E-state index contributed by atoms with van der Waals surface area (Å²) in [6, 6.07) is 0. The maximum absolute atomic E-state index is 11.4. The maximum atomic E-state index is 11.4. The number of amides is 1. The van der Waals surface area contributed by atoms with Gasteiger partial charge in [-0.05, 0) is 12.8 Å². The summed E-state index contributed by atoms with van der Waals surface area (Å²) in [6.07, 6.45) is 9.86. The van der Waals surface area contributed by atoms with Gasteiger partial charge >= 0.3 is 0 Å². The van der Waals surface area contributed by atoms with Gasteiger partial charge in [-0.2, -0.15) is 0 Å². The van der Waals surface area contributed by atoms with E-state index in [0.717, 1.165) is 12.8 Å². The van der Waals surface area contributed by atoms with Crippen molar-refractivity contribution in [1.29, 1.82) is 0 Å². The number of rotatable bonds is 1. The Kier molecular flexibility index (Phi) is 5.44. The van der Waals surface area contributed by atoms with Crippen LogP contribution in [0.4, 0.5) is 0 Å². The minimum atomic E-state index is 0.168. The van der Waals surface area contributed by atoms with Gasteiger partial charge in [0.2, 0.25) is 5.91 Å². The summed E-state index contributed by atoms with van der Waals surface area (Å²) in [4.78, 5) is 11.4. The van der Waals surface area contributed by atoms with Gasteiger partial charge in [-0.3, -0.25) is 9.14 Å². The van der Waals surface area contributed by atoms with E-state index < -0.39 is 0 Å². The highest BCUT2D eigenvalue weighted by Gasteiger charge is 2.17. The second-order valence-corrected chi connectivity index (χ2v) is 4.25. The van der Waals surface area contributed by atoms with E-state index >= 15 is 0 Å². The Hall–Kier alpha value is -0.0500. The fourth-order valence-electron chi connectivity index (χ4n) is 1.97.